The zero-order valence-electron chi connectivity index (χ0n) is 23.9. The van der Waals surface area contributed by atoms with Crippen LogP contribution in [-0.4, -0.2) is 38.4 Å². The van der Waals surface area contributed by atoms with Gasteiger partial charge in [0.25, 0.3) is 0 Å². The van der Waals surface area contributed by atoms with Gasteiger partial charge in [0.2, 0.25) is 0 Å². The number of aryl methyl sites for hydroxylation is 2. The summed E-state index contributed by atoms with van der Waals surface area (Å²) in [5.74, 6) is 1.57. The summed E-state index contributed by atoms with van der Waals surface area (Å²) in [7, 11) is 3.79. The smallest absolute Gasteiger partial charge is 0.306 e. The Hall–Kier alpha value is -4.06. The van der Waals surface area contributed by atoms with E-state index in [9.17, 15) is 4.79 Å². The molecule has 6 heteroatoms. The van der Waals surface area contributed by atoms with E-state index in [2.05, 4.69) is 77.8 Å². The largest absolute Gasteiger partial charge is 0.497 e. The number of carbonyl (C=O) groups is 1. The van der Waals surface area contributed by atoms with Crippen LogP contribution in [0.1, 0.15) is 49.4 Å². The number of rotatable bonds is 12. The highest BCUT2D eigenvalue weighted by Gasteiger charge is 2.46. The molecule has 0 spiro atoms. The van der Waals surface area contributed by atoms with Crippen molar-refractivity contribution in [3.05, 3.63) is 89.6 Å². The molecule has 0 aliphatic heterocycles. The van der Waals surface area contributed by atoms with Gasteiger partial charge in [-0.05, 0) is 73.9 Å². The summed E-state index contributed by atoms with van der Waals surface area (Å²) in [6, 6.07) is 25.3. The van der Waals surface area contributed by atoms with E-state index in [0.29, 0.717) is 13.0 Å². The molecular formula is C34H38N2O4. The first-order valence-corrected chi connectivity index (χ1v) is 14.1. The highest BCUT2D eigenvalue weighted by Crippen LogP contribution is 2.51. The number of hydrogen-bond donors (Lipinski definition) is 0. The van der Waals surface area contributed by atoms with Crippen molar-refractivity contribution >= 4 is 11.7 Å². The molecular weight excluding hydrogens is 500 g/mol. The number of nitrogens with zero attached hydrogens (tertiary/aromatic N) is 2. The SMILES string of the molecule is CCOC(=O)CC1(c2ccc(-c3ccc(-c4onc(C)c4N(C)CCCc4ccc(OC)cc4)cc3)cc2)CC1. The van der Waals surface area contributed by atoms with E-state index >= 15 is 0 Å². The summed E-state index contributed by atoms with van der Waals surface area (Å²) in [5, 5.41) is 4.29. The van der Waals surface area contributed by atoms with Crippen LogP contribution in [-0.2, 0) is 21.4 Å². The molecule has 0 atom stereocenters. The van der Waals surface area contributed by atoms with Gasteiger partial charge < -0.3 is 18.9 Å². The van der Waals surface area contributed by atoms with Crippen LogP contribution in [0.5, 0.6) is 5.75 Å². The second-order valence-electron chi connectivity index (χ2n) is 10.7. The van der Waals surface area contributed by atoms with Crippen molar-refractivity contribution in [2.75, 3.05) is 32.2 Å². The van der Waals surface area contributed by atoms with Gasteiger partial charge in [-0.25, -0.2) is 0 Å². The Morgan fingerprint density at radius 1 is 0.950 bits per heavy atom. The third-order valence-electron chi connectivity index (χ3n) is 7.95. The number of ether oxygens (including phenoxy) is 2. The predicted octanol–water partition coefficient (Wildman–Crippen LogP) is 7.38. The molecule has 1 fully saturated rings. The van der Waals surface area contributed by atoms with E-state index in [1.165, 1.54) is 11.1 Å². The van der Waals surface area contributed by atoms with Crippen LogP contribution in [0.25, 0.3) is 22.5 Å². The van der Waals surface area contributed by atoms with Crippen LogP contribution in [0.2, 0.25) is 0 Å². The number of anilines is 1. The van der Waals surface area contributed by atoms with Crippen LogP contribution in [0.3, 0.4) is 0 Å². The lowest BCUT2D eigenvalue weighted by Gasteiger charge is -2.19. The molecule has 1 aromatic heterocycles. The molecule has 6 nitrogen and oxygen atoms in total. The zero-order valence-corrected chi connectivity index (χ0v) is 23.9. The van der Waals surface area contributed by atoms with Crippen molar-refractivity contribution in [3.8, 4) is 28.2 Å². The molecule has 1 aliphatic carbocycles. The number of hydrogen-bond acceptors (Lipinski definition) is 6. The Bertz CT molecular complexity index is 1420. The minimum absolute atomic E-state index is 0.0458. The van der Waals surface area contributed by atoms with Crippen LogP contribution in [0.4, 0.5) is 5.69 Å². The molecule has 1 saturated carbocycles. The molecule has 5 rings (SSSR count). The van der Waals surface area contributed by atoms with Gasteiger partial charge in [-0.1, -0.05) is 65.8 Å². The Morgan fingerprint density at radius 2 is 1.57 bits per heavy atom. The highest BCUT2D eigenvalue weighted by molar-refractivity contribution is 5.77. The van der Waals surface area contributed by atoms with Crippen LogP contribution < -0.4 is 9.64 Å². The second-order valence-corrected chi connectivity index (χ2v) is 10.7. The summed E-state index contributed by atoms with van der Waals surface area (Å²) in [6.45, 7) is 5.17. The molecule has 0 N–H and O–H groups in total. The summed E-state index contributed by atoms with van der Waals surface area (Å²) in [6.07, 6.45) is 4.54. The first-order valence-electron chi connectivity index (χ1n) is 14.1. The maximum Gasteiger partial charge on any atom is 0.306 e. The molecule has 0 saturated heterocycles. The fraction of sp³-hybridized carbons (Fsp3) is 0.353. The Labute approximate surface area is 236 Å². The van der Waals surface area contributed by atoms with Gasteiger partial charge in [0.1, 0.15) is 17.1 Å². The van der Waals surface area contributed by atoms with E-state index in [4.69, 9.17) is 14.0 Å². The van der Waals surface area contributed by atoms with Gasteiger partial charge in [0, 0.05) is 24.6 Å². The molecule has 3 aromatic carbocycles. The summed E-state index contributed by atoms with van der Waals surface area (Å²) in [5.41, 5.74) is 7.67. The maximum absolute atomic E-state index is 12.1. The first kappa shape index (κ1) is 27.5. The fourth-order valence-electron chi connectivity index (χ4n) is 5.47. The van der Waals surface area contributed by atoms with Gasteiger partial charge in [0.05, 0.1) is 20.1 Å². The average molecular weight is 539 g/mol. The van der Waals surface area contributed by atoms with E-state index < -0.39 is 0 Å². The lowest BCUT2D eigenvalue weighted by molar-refractivity contribution is -0.143. The number of carbonyl (C=O) groups excluding carboxylic acids is 1. The molecule has 4 aromatic rings. The van der Waals surface area contributed by atoms with E-state index in [1.54, 1.807) is 7.11 Å². The zero-order chi connectivity index (χ0) is 28.1. The topological polar surface area (TPSA) is 64.8 Å². The monoisotopic (exact) mass is 538 g/mol. The van der Waals surface area contributed by atoms with E-state index in [1.807, 2.05) is 26.0 Å². The molecule has 1 aliphatic rings. The van der Waals surface area contributed by atoms with Crippen LogP contribution >= 0.6 is 0 Å². The fourth-order valence-corrected chi connectivity index (χ4v) is 5.47. The van der Waals surface area contributed by atoms with Crippen molar-refractivity contribution in [2.45, 2.75) is 51.4 Å². The van der Waals surface area contributed by atoms with Crippen molar-refractivity contribution in [1.29, 1.82) is 0 Å². The molecule has 40 heavy (non-hydrogen) atoms. The van der Waals surface area contributed by atoms with Crippen LogP contribution in [0.15, 0.2) is 77.3 Å². The predicted molar refractivity (Wildman–Crippen MR) is 159 cm³/mol. The van der Waals surface area contributed by atoms with Crippen LogP contribution in [0, 0.1) is 6.92 Å². The standard InChI is InChI=1S/C34H38N2O4/c1-5-39-31(37)23-34(20-21-34)29-16-14-27(15-17-29)26-10-12-28(13-11-26)33-32(24(2)35-40-33)36(3)22-6-7-25-8-18-30(38-4)19-9-25/h8-19H,5-7,20-23H2,1-4H3. The Kier molecular flexibility index (Phi) is 8.24. The van der Waals surface area contributed by atoms with Gasteiger partial charge >= 0.3 is 5.97 Å². The van der Waals surface area contributed by atoms with Gasteiger partial charge in [-0.15, -0.1) is 0 Å². The van der Waals surface area contributed by atoms with E-state index in [0.717, 1.165) is 71.8 Å². The van der Waals surface area contributed by atoms with Crippen molar-refractivity contribution in [1.82, 2.24) is 5.16 Å². The third-order valence-corrected chi connectivity index (χ3v) is 7.95. The lowest BCUT2D eigenvalue weighted by Crippen LogP contribution is -2.20. The summed E-state index contributed by atoms with van der Waals surface area (Å²) < 4.78 is 16.3. The second kappa shape index (κ2) is 12.0. The van der Waals surface area contributed by atoms with Gasteiger partial charge in [-0.2, -0.15) is 0 Å². The number of methoxy groups -OCH3 is 1. The molecule has 1 heterocycles. The number of aromatic nitrogens is 1. The Balaban J connectivity index is 1.24. The molecule has 0 unspecified atom stereocenters. The highest BCUT2D eigenvalue weighted by atomic mass is 16.5. The molecule has 0 bridgehead atoms. The minimum atomic E-state index is -0.107. The Morgan fingerprint density at radius 3 is 2.17 bits per heavy atom. The molecule has 0 amide bonds. The van der Waals surface area contributed by atoms with E-state index in [-0.39, 0.29) is 11.4 Å². The van der Waals surface area contributed by atoms with Gasteiger partial charge in [0.15, 0.2) is 5.76 Å². The third kappa shape index (κ3) is 6.06. The van der Waals surface area contributed by atoms with Crippen molar-refractivity contribution in [3.63, 3.8) is 0 Å². The summed E-state index contributed by atoms with van der Waals surface area (Å²) in [4.78, 5) is 14.3. The lowest BCUT2D eigenvalue weighted by atomic mass is 9.91. The average Bonchev–Trinajstić information content (AvgIpc) is 3.65. The number of benzene rings is 3. The molecule has 208 valence electrons. The minimum Gasteiger partial charge on any atom is -0.497 e. The van der Waals surface area contributed by atoms with Crippen molar-refractivity contribution in [2.24, 2.45) is 0 Å². The first-order chi connectivity index (χ1) is 19.4. The normalized spacial score (nSPS) is 13.6. The van der Waals surface area contributed by atoms with Gasteiger partial charge in [-0.3, -0.25) is 4.79 Å². The summed E-state index contributed by atoms with van der Waals surface area (Å²) >= 11 is 0. The maximum atomic E-state index is 12.1. The quantitative estimate of drug-likeness (QED) is 0.175. The number of esters is 1. The molecule has 0 radical (unpaired) electrons. The van der Waals surface area contributed by atoms with Crippen molar-refractivity contribution < 1.29 is 18.8 Å².